The lowest BCUT2D eigenvalue weighted by Crippen LogP contribution is -2.25. The smallest absolute Gasteiger partial charge is 0.262 e. The van der Waals surface area contributed by atoms with Gasteiger partial charge in [-0.05, 0) is 42.3 Å². The van der Waals surface area contributed by atoms with Gasteiger partial charge in [-0.3, -0.25) is 14.2 Å². The molecule has 29 heavy (non-hydrogen) atoms. The van der Waals surface area contributed by atoms with Crippen molar-refractivity contribution in [3.63, 3.8) is 0 Å². The second-order valence-electron chi connectivity index (χ2n) is 7.15. The molecule has 3 aromatic rings. The van der Waals surface area contributed by atoms with Gasteiger partial charge in [-0.2, -0.15) is 0 Å². The first-order chi connectivity index (χ1) is 13.9. The molecule has 0 spiro atoms. The number of Topliss-reactive ketones (excluding diaryl/α,β-unsaturated/α-hetero) is 1. The lowest BCUT2D eigenvalue weighted by molar-refractivity contribution is 0.102. The summed E-state index contributed by atoms with van der Waals surface area (Å²) in [5.74, 6) is 1.53. The fraction of sp³-hybridized carbons (Fsp3) is 0.286. The standard InChI is InChI=1S/C21H19ClN2O4S/c1-12(2)9-24-20(26)15-8-14(22)4-5-16(15)23-21(24)29-10-17(25)13-3-6-18-19(7-13)28-11-27-18/h3-8,12H,9-11H2,1-2H3. The Balaban J connectivity index is 1.63. The quantitative estimate of drug-likeness (QED) is 0.328. The molecule has 0 saturated heterocycles. The highest BCUT2D eigenvalue weighted by molar-refractivity contribution is 7.99. The van der Waals surface area contributed by atoms with E-state index >= 15 is 0 Å². The average molecular weight is 431 g/mol. The van der Waals surface area contributed by atoms with Crippen LogP contribution in [0, 0.1) is 5.92 Å². The first kappa shape index (κ1) is 19.8. The van der Waals surface area contributed by atoms with Crippen molar-refractivity contribution in [2.24, 2.45) is 5.92 Å². The summed E-state index contributed by atoms with van der Waals surface area (Å²) in [6.07, 6.45) is 0. The van der Waals surface area contributed by atoms with Gasteiger partial charge in [0.1, 0.15) is 0 Å². The Bertz CT molecular complexity index is 1160. The predicted molar refractivity (Wildman–Crippen MR) is 113 cm³/mol. The molecule has 2 heterocycles. The van der Waals surface area contributed by atoms with Crippen LogP contribution in [0.5, 0.6) is 11.5 Å². The zero-order valence-corrected chi connectivity index (χ0v) is 17.5. The molecule has 2 aromatic carbocycles. The molecule has 1 aromatic heterocycles. The molecule has 0 amide bonds. The minimum atomic E-state index is -0.149. The summed E-state index contributed by atoms with van der Waals surface area (Å²) < 4.78 is 12.2. The van der Waals surface area contributed by atoms with Gasteiger partial charge in [0.05, 0.1) is 16.7 Å². The van der Waals surface area contributed by atoms with Gasteiger partial charge in [0.2, 0.25) is 6.79 Å². The zero-order valence-electron chi connectivity index (χ0n) is 16.0. The van der Waals surface area contributed by atoms with Crippen molar-refractivity contribution < 1.29 is 14.3 Å². The van der Waals surface area contributed by atoms with E-state index in [0.717, 1.165) is 0 Å². The summed E-state index contributed by atoms with van der Waals surface area (Å²) in [5.41, 5.74) is 0.953. The first-order valence-corrected chi connectivity index (χ1v) is 10.5. The van der Waals surface area contributed by atoms with Crippen LogP contribution in [0.4, 0.5) is 0 Å². The van der Waals surface area contributed by atoms with Gasteiger partial charge in [0.15, 0.2) is 22.4 Å². The van der Waals surface area contributed by atoms with Crippen LogP contribution >= 0.6 is 23.4 Å². The lowest BCUT2D eigenvalue weighted by atomic mass is 10.1. The normalized spacial score (nSPS) is 12.7. The van der Waals surface area contributed by atoms with Crippen molar-refractivity contribution >= 4 is 40.0 Å². The van der Waals surface area contributed by atoms with Crippen LogP contribution < -0.4 is 15.0 Å². The van der Waals surface area contributed by atoms with Gasteiger partial charge in [0, 0.05) is 17.1 Å². The number of rotatable bonds is 6. The summed E-state index contributed by atoms with van der Waals surface area (Å²) in [4.78, 5) is 30.3. The lowest BCUT2D eigenvalue weighted by Gasteiger charge is -2.15. The Morgan fingerprint density at radius 3 is 2.79 bits per heavy atom. The second-order valence-corrected chi connectivity index (χ2v) is 8.52. The van der Waals surface area contributed by atoms with E-state index < -0.39 is 0 Å². The van der Waals surface area contributed by atoms with Crippen molar-refractivity contribution in [1.29, 1.82) is 0 Å². The van der Waals surface area contributed by atoms with Crippen LogP contribution in [0.15, 0.2) is 46.3 Å². The van der Waals surface area contributed by atoms with Gasteiger partial charge in [-0.1, -0.05) is 37.2 Å². The number of benzene rings is 2. The molecular weight excluding hydrogens is 412 g/mol. The van der Waals surface area contributed by atoms with E-state index in [2.05, 4.69) is 4.98 Å². The summed E-state index contributed by atoms with van der Waals surface area (Å²) >= 11 is 7.31. The fourth-order valence-corrected chi connectivity index (χ4v) is 4.17. The molecule has 0 radical (unpaired) electrons. The summed E-state index contributed by atoms with van der Waals surface area (Å²) in [5, 5.41) is 1.49. The van der Waals surface area contributed by atoms with Crippen molar-refractivity contribution in [3.8, 4) is 11.5 Å². The number of hydrogen-bond donors (Lipinski definition) is 0. The SMILES string of the molecule is CC(C)Cn1c(SCC(=O)c2ccc3c(c2)OCO3)nc2ccc(Cl)cc2c1=O. The van der Waals surface area contributed by atoms with Gasteiger partial charge in [0.25, 0.3) is 5.56 Å². The third-order valence-corrected chi connectivity index (χ3v) is 5.67. The molecule has 4 rings (SSSR count). The summed E-state index contributed by atoms with van der Waals surface area (Å²) in [7, 11) is 0. The molecule has 0 bridgehead atoms. The maximum atomic E-state index is 13.0. The second kappa shape index (κ2) is 8.08. The third-order valence-electron chi connectivity index (χ3n) is 4.46. The first-order valence-electron chi connectivity index (χ1n) is 9.18. The molecule has 1 aliphatic rings. The van der Waals surface area contributed by atoms with Crippen molar-refractivity contribution in [2.45, 2.75) is 25.5 Å². The largest absolute Gasteiger partial charge is 0.454 e. The Hall–Kier alpha value is -2.51. The number of ether oxygens (including phenoxy) is 2. The molecule has 0 aliphatic carbocycles. The molecule has 6 nitrogen and oxygen atoms in total. The van der Waals surface area contributed by atoms with Crippen LogP contribution in [-0.2, 0) is 6.54 Å². The highest BCUT2D eigenvalue weighted by atomic mass is 35.5. The van der Waals surface area contributed by atoms with Gasteiger partial charge >= 0.3 is 0 Å². The molecule has 0 N–H and O–H groups in total. The van der Waals surface area contributed by atoms with E-state index in [9.17, 15) is 9.59 Å². The number of aromatic nitrogens is 2. The van der Waals surface area contributed by atoms with E-state index in [4.69, 9.17) is 21.1 Å². The molecule has 0 unspecified atom stereocenters. The highest BCUT2D eigenvalue weighted by Crippen LogP contribution is 2.33. The Morgan fingerprint density at radius 2 is 2.00 bits per heavy atom. The average Bonchev–Trinajstić information content (AvgIpc) is 3.16. The van der Waals surface area contributed by atoms with Crippen LogP contribution in [0.1, 0.15) is 24.2 Å². The van der Waals surface area contributed by atoms with Crippen molar-refractivity contribution in [3.05, 3.63) is 57.3 Å². The molecule has 0 atom stereocenters. The Kier molecular flexibility index (Phi) is 5.52. The minimum Gasteiger partial charge on any atom is -0.454 e. The molecule has 0 saturated carbocycles. The maximum absolute atomic E-state index is 13.0. The highest BCUT2D eigenvalue weighted by Gasteiger charge is 2.18. The maximum Gasteiger partial charge on any atom is 0.262 e. The zero-order chi connectivity index (χ0) is 20.5. The summed E-state index contributed by atoms with van der Waals surface area (Å²) in [6.45, 7) is 4.73. The van der Waals surface area contributed by atoms with E-state index in [1.165, 1.54) is 11.8 Å². The van der Waals surface area contributed by atoms with E-state index in [1.54, 1.807) is 41.0 Å². The number of halogens is 1. The molecule has 150 valence electrons. The van der Waals surface area contributed by atoms with Crippen molar-refractivity contribution in [2.75, 3.05) is 12.5 Å². The number of fused-ring (bicyclic) bond motifs is 2. The topological polar surface area (TPSA) is 70.4 Å². The van der Waals surface area contributed by atoms with E-state index in [1.807, 2.05) is 13.8 Å². The monoisotopic (exact) mass is 430 g/mol. The van der Waals surface area contributed by atoms with E-state index in [-0.39, 0.29) is 29.8 Å². The number of thioether (sulfide) groups is 1. The Morgan fingerprint density at radius 1 is 1.21 bits per heavy atom. The van der Waals surface area contributed by atoms with Crippen LogP contribution in [-0.4, -0.2) is 27.9 Å². The minimum absolute atomic E-state index is 0.0742. The van der Waals surface area contributed by atoms with E-state index in [0.29, 0.717) is 44.7 Å². The van der Waals surface area contributed by atoms with Gasteiger partial charge in [-0.15, -0.1) is 0 Å². The number of hydrogen-bond acceptors (Lipinski definition) is 6. The molecule has 1 aliphatic heterocycles. The Labute approximate surface area is 176 Å². The number of carbonyl (C=O) groups excluding carboxylic acids is 1. The van der Waals surface area contributed by atoms with Crippen LogP contribution in [0.2, 0.25) is 5.02 Å². The molecule has 8 heteroatoms. The molecular formula is C21H19ClN2O4S. The number of ketones is 1. The fourth-order valence-electron chi connectivity index (χ4n) is 3.09. The van der Waals surface area contributed by atoms with Gasteiger partial charge < -0.3 is 9.47 Å². The van der Waals surface area contributed by atoms with Crippen molar-refractivity contribution in [1.82, 2.24) is 9.55 Å². The van der Waals surface area contributed by atoms with Crippen LogP contribution in [0.25, 0.3) is 10.9 Å². The van der Waals surface area contributed by atoms with Crippen LogP contribution in [0.3, 0.4) is 0 Å². The van der Waals surface area contributed by atoms with Gasteiger partial charge in [-0.25, -0.2) is 4.98 Å². The molecule has 0 fully saturated rings. The number of carbonyl (C=O) groups is 1. The summed E-state index contributed by atoms with van der Waals surface area (Å²) in [6, 6.07) is 10.2. The third kappa shape index (κ3) is 4.11. The predicted octanol–water partition coefficient (Wildman–Crippen LogP) is 4.41. The number of nitrogens with zero attached hydrogens (tertiary/aromatic N) is 2.